The van der Waals surface area contributed by atoms with E-state index in [1.54, 1.807) is 6.20 Å². The number of carbonyl (C=O) groups excluding carboxylic acids is 1. The molecular weight excluding hydrogens is 290 g/mol. The number of carbonyl (C=O) groups is 1. The lowest BCUT2D eigenvalue weighted by atomic mass is 10.0. The summed E-state index contributed by atoms with van der Waals surface area (Å²) in [7, 11) is 0. The summed E-state index contributed by atoms with van der Waals surface area (Å²) in [5.41, 5.74) is 2.54. The minimum absolute atomic E-state index is 0.0774. The Bertz CT molecular complexity index is 658. The highest BCUT2D eigenvalue weighted by Gasteiger charge is 2.22. The standard InChI is InChI=1S/C18H23N3O2/c1-13(2)17-16(18(22)19-11-15-9-6-10-23-15)12-20-21(17)14-7-4-3-5-8-14/h3-5,7-8,12-13,15H,6,9-11H2,1-2H3,(H,19,22). The summed E-state index contributed by atoms with van der Waals surface area (Å²) in [4.78, 5) is 12.6. The maximum absolute atomic E-state index is 12.6. The highest BCUT2D eigenvalue weighted by atomic mass is 16.5. The Morgan fingerprint density at radius 3 is 2.83 bits per heavy atom. The summed E-state index contributed by atoms with van der Waals surface area (Å²) in [6.07, 6.45) is 3.89. The van der Waals surface area contributed by atoms with Crippen LogP contribution in [-0.2, 0) is 4.74 Å². The van der Waals surface area contributed by atoms with Gasteiger partial charge < -0.3 is 10.1 Å². The second kappa shape index (κ2) is 6.96. The molecule has 1 aromatic carbocycles. The van der Waals surface area contributed by atoms with Crippen LogP contribution in [0.25, 0.3) is 5.69 Å². The van der Waals surface area contributed by atoms with Crippen LogP contribution in [0, 0.1) is 0 Å². The summed E-state index contributed by atoms with van der Waals surface area (Å²) in [5, 5.41) is 7.42. The second-order valence-corrected chi connectivity index (χ2v) is 6.19. The quantitative estimate of drug-likeness (QED) is 0.923. The second-order valence-electron chi connectivity index (χ2n) is 6.19. The summed E-state index contributed by atoms with van der Waals surface area (Å²) >= 11 is 0. The molecule has 0 spiro atoms. The first-order valence-corrected chi connectivity index (χ1v) is 8.20. The fourth-order valence-electron chi connectivity index (χ4n) is 2.97. The number of amides is 1. The van der Waals surface area contributed by atoms with Crippen LogP contribution in [-0.4, -0.2) is 34.9 Å². The van der Waals surface area contributed by atoms with Gasteiger partial charge in [0.1, 0.15) is 0 Å². The fraction of sp³-hybridized carbons (Fsp3) is 0.444. The maximum Gasteiger partial charge on any atom is 0.254 e. The first kappa shape index (κ1) is 15.7. The summed E-state index contributed by atoms with van der Waals surface area (Å²) in [6.45, 7) is 5.51. The molecular formula is C18H23N3O2. The van der Waals surface area contributed by atoms with Crippen molar-refractivity contribution in [3.8, 4) is 5.69 Å². The van der Waals surface area contributed by atoms with Crippen molar-refractivity contribution in [2.45, 2.75) is 38.7 Å². The van der Waals surface area contributed by atoms with Crippen LogP contribution in [0.2, 0.25) is 0 Å². The van der Waals surface area contributed by atoms with E-state index in [-0.39, 0.29) is 17.9 Å². The van der Waals surface area contributed by atoms with Gasteiger partial charge in [0, 0.05) is 13.2 Å². The SMILES string of the molecule is CC(C)c1c(C(=O)NCC2CCCO2)cnn1-c1ccccc1. The van der Waals surface area contributed by atoms with Crippen molar-refractivity contribution in [2.75, 3.05) is 13.2 Å². The van der Waals surface area contributed by atoms with Gasteiger partial charge in [0.25, 0.3) is 5.91 Å². The van der Waals surface area contributed by atoms with Crippen LogP contribution in [0.15, 0.2) is 36.5 Å². The zero-order chi connectivity index (χ0) is 16.2. The van der Waals surface area contributed by atoms with Gasteiger partial charge in [0.05, 0.1) is 29.2 Å². The van der Waals surface area contributed by atoms with Gasteiger partial charge in [-0.25, -0.2) is 4.68 Å². The molecule has 1 unspecified atom stereocenters. The molecule has 0 saturated carbocycles. The van der Waals surface area contributed by atoms with Crippen molar-refractivity contribution in [2.24, 2.45) is 0 Å². The molecule has 1 aliphatic heterocycles. The van der Waals surface area contributed by atoms with Crippen LogP contribution in [0.3, 0.4) is 0 Å². The average molecular weight is 313 g/mol. The van der Waals surface area contributed by atoms with Gasteiger partial charge in [0.2, 0.25) is 0 Å². The van der Waals surface area contributed by atoms with E-state index in [2.05, 4.69) is 24.3 Å². The van der Waals surface area contributed by atoms with Crippen molar-refractivity contribution in [3.63, 3.8) is 0 Å². The van der Waals surface area contributed by atoms with E-state index in [4.69, 9.17) is 4.74 Å². The van der Waals surface area contributed by atoms with Gasteiger partial charge in [-0.1, -0.05) is 32.0 Å². The molecule has 1 atom stereocenters. The van der Waals surface area contributed by atoms with E-state index >= 15 is 0 Å². The van der Waals surface area contributed by atoms with Crippen molar-refractivity contribution in [1.82, 2.24) is 15.1 Å². The maximum atomic E-state index is 12.6. The summed E-state index contributed by atoms with van der Waals surface area (Å²) < 4.78 is 7.41. The lowest BCUT2D eigenvalue weighted by Gasteiger charge is -2.14. The monoisotopic (exact) mass is 313 g/mol. The van der Waals surface area contributed by atoms with E-state index < -0.39 is 0 Å². The van der Waals surface area contributed by atoms with E-state index in [0.717, 1.165) is 30.8 Å². The van der Waals surface area contributed by atoms with Crippen LogP contribution < -0.4 is 5.32 Å². The van der Waals surface area contributed by atoms with Gasteiger partial charge in [0.15, 0.2) is 0 Å². The van der Waals surface area contributed by atoms with E-state index in [1.165, 1.54) is 0 Å². The molecule has 1 amide bonds. The number of hydrogen-bond donors (Lipinski definition) is 1. The lowest BCUT2D eigenvalue weighted by molar-refractivity contribution is 0.0856. The largest absolute Gasteiger partial charge is 0.376 e. The minimum atomic E-state index is -0.0774. The van der Waals surface area contributed by atoms with Gasteiger partial charge >= 0.3 is 0 Å². The van der Waals surface area contributed by atoms with E-state index in [9.17, 15) is 4.79 Å². The van der Waals surface area contributed by atoms with E-state index in [0.29, 0.717) is 12.1 Å². The zero-order valence-electron chi connectivity index (χ0n) is 13.7. The number of aromatic nitrogens is 2. The number of ether oxygens (including phenoxy) is 1. The highest BCUT2D eigenvalue weighted by molar-refractivity contribution is 5.95. The first-order valence-electron chi connectivity index (χ1n) is 8.20. The molecule has 23 heavy (non-hydrogen) atoms. The Hall–Kier alpha value is -2.14. The average Bonchev–Trinajstić information content (AvgIpc) is 3.22. The third kappa shape index (κ3) is 3.45. The molecule has 0 radical (unpaired) electrons. The molecule has 1 N–H and O–H groups in total. The first-order chi connectivity index (χ1) is 11.2. The summed E-state index contributed by atoms with van der Waals surface area (Å²) in [5.74, 6) is 0.118. The lowest BCUT2D eigenvalue weighted by Crippen LogP contribution is -2.32. The minimum Gasteiger partial charge on any atom is -0.376 e. The van der Waals surface area contributed by atoms with Crippen molar-refractivity contribution < 1.29 is 9.53 Å². The summed E-state index contributed by atoms with van der Waals surface area (Å²) in [6, 6.07) is 9.90. The molecule has 1 aliphatic rings. The normalized spacial score (nSPS) is 17.6. The molecule has 5 nitrogen and oxygen atoms in total. The third-order valence-corrected chi connectivity index (χ3v) is 4.11. The molecule has 1 saturated heterocycles. The van der Waals surface area contributed by atoms with Crippen LogP contribution >= 0.6 is 0 Å². The Balaban J connectivity index is 1.81. The Morgan fingerprint density at radius 1 is 1.39 bits per heavy atom. The number of benzene rings is 1. The molecule has 1 fully saturated rings. The molecule has 3 rings (SSSR count). The Labute approximate surface area is 136 Å². The van der Waals surface area contributed by atoms with Crippen molar-refractivity contribution in [3.05, 3.63) is 47.8 Å². The number of nitrogens with one attached hydrogen (secondary N) is 1. The van der Waals surface area contributed by atoms with Crippen LogP contribution in [0.5, 0.6) is 0 Å². The molecule has 1 aromatic heterocycles. The topological polar surface area (TPSA) is 56.1 Å². The van der Waals surface area contributed by atoms with E-state index in [1.807, 2.05) is 35.0 Å². The third-order valence-electron chi connectivity index (χ3n) is 4.11. The van der Waals surface area contributed by atoms with Gasteiger partial charge in [-0.05, 0) is 30.9 Å². The highest BCUT2D eigenvalue weighted by Crippen LogP contribution is 2.23. The predicted octanol–water partition coefficient (Wildman–Crippen LogP) is 2.90. The molecule has 0 bridgehead atoms. The Morgan fingerprint density at radius 2 is 2.17 bits per heavy atom. The Kier molecular flexibility index (Phi) is 4.76. The molecule has 0 aliphatic carbocycles. The van der Waals surface area contributed by atoms with Crippen LogP contribution in [0.4, 0.5) is 0 Å². The smallest absolute Gasteiger partial charge is 0.254 e. The zero-order valence-corrected chi connectivity index (χ0v) is 13.7. The van der Waals surface area contributed by atoms with Gasteiger partial charge in [-0.2, -0.15) is 5.10 Å². The predicted molar refractivity (Wildman–Crippen MR) is 89.0 cm³/mol. The molecule has 2 heterocycles. The number of para-hydroxylation sites is 1. The number of nitrogens with zero attached hydrogens (tertiary/aromatic N) is 2. The van der Waals surface area contributed by atoms with Crippen LogP contribution in [0.1, 0.15) is 48.7 Å². The van der Waals surface area contributed by atoms with Crippen molar-refractivity contribution >= 4 is 5.91 Å². The fourth-order valence-corrected chi connectivity index (χ4v) is 2.97. The van der Waals surface area contributed by atoms with Crippen molar-refractivity contribution in [1.29, 1.82) is 0 Å². The number of hydrogen-bond acceptors (Lipinski definition) is 3. The molecule has 2 aromatic rings. The molecule has 122 valence electrons. The number of rotatable bonds is 5. The van der Waals surface area contributed by atoms with Gasteiger partial charge in [-0.15, -0.1) is 0 Å². The molecule has 5 heteroatoms. The van der Waals surface area contributed by atoms with Gasteiger partial charge in [-0.3, -0.25) is 4.79 Å².